The first kappa shape index (κ1) is 20.7. The van der Waals surface area contributed by atoms with Crippen LogP contribution in [0.25, 0.3) is 0 Å². The Labute approximate surface area is 163 Å². The molecule has 0 fully saturated rings. The highest BCUT2D eigenvalue weighted by atomic mass is 35.5. The van der Waals surface area contributed by atoms with Crippen molar-refractivity contribution in [1.82, 2.24) is 4.90 Å². The lowest BCUT2D eigenvalue weighted by Gasteiger charge is -2.25. The number of carbonyl (C=O) groups excluding carboxylic acids is 1. The first-order chi connectivity index (χ1) is 13.0. The molecule has 142 valence electrons. The minimum atomic E-state index is -0.373. The number of rotatable bonds is 9. The first-order valence-corrected chi connectivity index (χ1v) is 8.87. The van der Waals surface area contributed by atoms with Gasteiger partial charge in [-0.25, -0.2) is 4.39 Å². The predicted molar refractivity (Wildman–Crippen MR) is 103 cm³/mol. The van der Waals surface area contributed by atoms with Gasteiger partial charge in [-0.3, -0.25) is 9.69 Å². The van der Waals surface area contributed by atoms with Gasteiger partial charge in [-0.05, 0) is 49.5 Å². The largest absolute Gasteiger partial charge is 0.492 e. The lowest BCUT2D eigenvalue weighted by atomic mass is 10.2. The number of nitriles is 1. The average Bonchev–Trinajstić information content (AvgIpc) is 2.63. The summed E-state index contributed by atoms with van der Waals surface area (Å²) >= 11 is 5.91. The second-order valence-electron chi connectivity index (χ2n) is 5.97. The Hall–Kier alpha value is -2.62. The third kappa shape index (κ3) is 6.89. The molecule has 27 heavy (non-hydrogen) atoms. The van der Waals surface area contributed by atoms with Gasteiger partial charge in [0.05, 0.1) is 19.0 Å². The van der Waals surface area contributed by atoms with Crippen molar-refractivity contribution in [2.45, 2.75) is 6.42 Å². The molecule has 0 unspecified atom stereocenters. The van der Waals surface area contributed by atoms with Crippen LogP contribution in [0.3, 0.4) is 0 Å². The minimum Gasteiger partial charge on any atom is -0.492 e. The quantitative estimate of drug-likeness (QED) is 0.655. The van der Waals surface area contributed by atoms with Crippen LogP contribution in [0.5, 0.6) is 5.75 Å². The average molecular weight is 390 g/mol. The summed E-state index contributed by atoms with van der Waals surface area (Å²) in [6.07, 6.45) is 0.199. The third-order valence-corrected chi connectivity index (χ3v) is 4.06. The molecule has 0 aliphatic rings. The van der Waals surface area contributed by atoms with E-state index in [2.05, 4.69) is 0 Å². The fourth-order valence-electron chi connectivity index (χ4n) is 2.45. The zero-order chi connectivity index (χ0) is 19.6. The van der Waals surface area contributed by atoms with Crippen LogP contribution in [0.4, 0.5) is 10.1 Å². The Kier molecular flexibility index (Phi) is 8.05. The number of hydrogen-bond donors (Lipinski definition) is 0. The number of halogens is 2. The molecule has 0 atom stereocenters. The molecule has 0 heterocycles. The van der Waals surface area contributed by atoms with E-state index >= 15 is 0 Å². The summed E-state index contributed by atoms with van der Waals surface area (Å²) < 4.78 is 18.8. The molecule has 0 bridgehead atoms. The van der Waals surface area contributed by atoms with E-state index in [9.17, 15) is 9.18 Å². The van der Waals surface area contributed by atoms with Gasteiger partial charge < -0.3 is 9.64 Å². The molecule has 7 heteroatoms. The van der Waals surface area contributed by atoms with Crippen LogP contribution in [-0.2, 0) is 4.79 Å². The molecule has 5 nitrogen and oxygen atoms in total. The molecular formula is C20H21ClFN3O2. The fraction of sp³-hybridized carbons (Fsp3) is 0.300. The van der Waals surface area contributed by atoms with Gasteiger partial charge >= 0.3 is 0 Å². The summed E-state index contributed by atoms with van der Waals surface area (Å²) in [5.41, 5.74) is 0.570. The molecule has 2 aromatic rings. The summed E-state index contributed by atoms with van der Waals surface area (Å²) in [5.74, 6) is 0.132. The lowest BCUT2D eigenvalue weighted by Crippen LogP contribution is -2.40. The monoisotopic (exact) mass is 389 g/mol. The lowest BCUT2D eigenvalue weighted by molar-refractivity contribution is -0.119. The van der Waals surface area contributed by atoms with Gasteiger partial charge in [-0.15, -0.1) is 0 Å². The Morgan fingerprint density at radius 2 is 1.96 bits per heavy atom. The SMILES string of the molecule is CN(CCOc1cccc(Cl)c1)CC(=O)N(CCC#N)c1ccc(F)cc1. The maximum absolute atomic E-state index is 13.1. The number of ether oxygens (including phenoxy) is 1. The van der Waals surface area contributed by atoms with Gasteiger partial charge in [-0.1, -0.05) is 17.7 Å². The van der Waals surface area contributed by atoms with Gasteiger partial charge in [0.2, 0.25) is 5.91 Å². The molecule has 2 aromatic carbocycles. The van der Waals surface area contributed by atoms with Crippen molar-refractivity contribution in [3.63, 3.8) is 0 Å². The minimum absolute atomic E-state index is 0.154. The molecule has 0 aliphatic carbocycles. The van der Waals surface area contributed by atoms with Crippen molar-refractivity contribution in [2.75, 3.05) is 38.2 Å². The number of carbonyl (C=O) groups is 1. The number of nitrogens with zero attached hydrogens (tertiary/aromatic N) is 3. The van der Waals surface area contributed by atoms with Crippen molar-refractivity contribution in [3.05, 3.63) is 59.4 Å². The Morgan fingerprint density at radius 3 is 2.63 bits per heavy atom. The van der Waals surface area contributed by atoms with Crippen LogP contribution in [-0.4, -0.2) is 44.1 Å². The van der Waals surface area contributed by atoms with Gasteiger partial charge in [0.1, 0.15) is 18.2 Å². The molecular weight excluding hydrogens is 369 g/mol. The van der Waals surface area contributed by atoms with Gasteiger partial charge in [-0.2, -0.15) is 5.26 Å². The van der Waals surface area contributed by atoms with Gasteiger partial charge in [0.25, 0.3) is 0 Å². The van der Waals surface area contributed by atoms with E-state index in [0.29, 0.717) is 29.6 Å². The number of anilines is 1. The van der Waals surface area contributed by atoms with Gasteiger partial charge in [0, 0.05) is 23.8 Å². The molecule has 0 aliphatic heterocycles. The van der Waals surface area contributed by atoms with E-state index in [1.807, 2.05) is 24.1 Å². The molecule has 0 saturated heterocycles. The van der Waals surface area contributed by atoms with Crippen molar-refractivity contribution < 1.29 is 13.9 Å². The maximum atomic E-state index is 13.1. The number of likely N-dealkylation sites (N-methyl/N-ethyl adjacent to an activating group) is 1. The fourth-order valence-corrected chi connectivity index (χ4v) is 2.63. The first-order valence-electron chi connectivity index (χ1n) is 8.49. The molecule has 0 radical (unpaired) electrons. The van der Waals surface area contributed by atoms with Crippen LogP contribution in [0, 0.1) is 17.1 Å². The third-order valence-electron chi connectivity index (χ3n) is 3.83. The van der Waals surface area contributed by atoms with E-state index in [1.54, 1.807) is 18.2 Å². The summed E-state index contributed by atoms with van der Waals surface area (Å²) in [4.78, 5) is 16.0. The summed E-state index contributed by atoms with van der Waals surface area (Å²) in [5, 5.41) is 9.43. The van der Waals surface area contributed by atoms with E-state index in [0.717, 1.165) is 0 Å². The van der Waals surface area contributed by atoms with Crippen molar-refractivity contribution in [2.24, 2.45) is 0 Å². The van der Waals surface area contributed by atoms with Crippen LogP contribution in [0.2, 0.25) is 5.02 Å². The van der Waals surface area contributed by atoms with Crippen molar-refractivity contribution in [3.8, 4) is 11.8 Å². The number of benzene rings is 2. The van der Waals surface area contributed by atoms with Crippen molar-refractivity contribution in [1.29, 1.82) is 5.26 Å². The van der Waals surface area contributed by atoms with Gasteiger partial charge in [0.15, 0.2) is 0 Å². The normalized spacial score (nSPS) is 10.5. The molecule has 1 amide bonds. The highest BCUT2D eigenvalue weighted by Crippen LogP contribution is 2.17. The summed E-state index contributed by atoms with van der Waals surface area (Å²) in [6.45, 7) is 1.35. The summed E-state index contributed by atoms with van der Waals surface area (Å²) in [6, 6.07) is 14.8. The molecule has 0 saturated carbocycles. The van der Waals surface area contributed by atoms with E-state index in [4.69, 9.17) is 21.6 Å². The second kappa shape index (κ2) is 10.5. The van der Waals surface area contributed by atoms with E-state index < -0.39 is 0 Å². The van der Waals surface area contributed by atoms with E-state index in [-0.39, 0.29) is 31.2 Å². The van der Waals surface area contributed by atoms with Crippen LogP contribution in [0.15, 0.2) is 48.5 Å². The van der Waals surface area contributed by atoms with Crippen LogP contribution in [0.1, 0.15) is 6.42 Å². The Bertz CT molecular complexity index is 793. The topological polar surface area (TPSA) is 56.6 Å². The maximum Gasteiger partial charge on any atom is 0.241 e. The molecule has 0 N–H and O–H groups in total. The van der Waals surface area contributed by atoms with Crippen LogP contribution >= 0.6 is 11.6 Å². The Balaban J connectivity index is 1.89. The number of amides is 1. The molecule has 0 aromatic heterocycles. The standard InChI is InChI=1S/C20H21ClFN3O2/c1-24(12-13-27-19-5-2-4-16(21)14-19)15-20(26)25(11-3-10-23)18-8-6-17(22)7-9-18/h2,4-9,14H,3,11-13,15H2,1H3. The predicted octanol–water partition coefficient (Wildman–Crippen LogP) is 3.74. The Morgan fingerprint density at radius 1 is 1.22 bits per heavy atom. The zero-order valence-electron chi connectivity index (χ0n) is 15.1. The van der Waals surface area contributed by atoms with E-state index in [1.165, 1.54) is 29.2 Å². The zero-order valence-corrected chi connectivity index (χ0v) is 15.8. The summed E-state index contributed by atoms with van der Waals surface area (Å²) in [7, 11) is 1.81. The highest BCUT2D eigenvalue weighted by molar-refractivity contribution is 6.30. The number of hydrogen-bond acceptors (Lipinski definition) is 4. The van der Waals surface area contributed by atoms with Crippen molar-refractivity contribution >= 4 is 23.2 Å². The highest BCUT2D eigenvalue weighted by Gasteiger charge is 2.17. The molecule has 0 spiro atoms. The smallest absolute Gasteiger partial charge is 0.241 e. The molecule has 2 rings (SSSR count). The second-order valence-corrected chi connectivity index (χ2v) is 6.41. The van der Waals surface area contributed by atoms with Crippen LogP contribution < -0.4 is 9.64 Å².